The zero-order valence-corrected chi connectivity index (χ0v) is 17.2. The molecule has 2 aromatic carbocycles. The van der Waals surface area contributed by atoms with E-state index in [1.165, 1.54) is 0 Å². The first-order chi connectivity index (χ1) is 14.6. The highest BCUT2D eigenvalue weighted by atomic mass is 16.7. The largest absolute Gasteiger partial charge is 0.497 e. The molecule has 1 aliphatic rings. The lowest BCUT2D eigenvalue weighted by atomic mass is 9.91. The molecule has 0 unspecified atom stereocenters. The minimum Gasteiger partial charge on any atom is -0.497 e. The Kier molecular flexibility index (Phi) is 8.42. The third-order valence-electron chi connectivity index (χ3n) is 5.25. The summed E-state index contributed by atoms with van der Waals surface area (Å²) in [6.07, 6.45) is 0.0722. The highest BCUT2D eigenvalue weighted by Gasteiger charge is 2.37. The van der Waals surface area contributed by atoms with Crippen LogP contribution in [0.25, 0.3) is 0 Å². The first kappa shape index (κ1) is 22.5. The molecule has 0 saturated carbocycles. The fraction of sp³-hybridized carbons (Fsp3) is 0.417. The molecular formula is C24H30O6. The molecule has 1 fully saturated rings. The van der Waals surface area contributed by atoms with Gasteiger partial charge in [0.25, 0.3) is 0 Å². The fourth-order valence-electron chi connectivity index (χ4n) is 3.57. The Morgan fingerprint density at radius 2 is 1.87 bits per heavy atom. The molecule has 1 heterocycles. The number of rotatable bonds is 10. The van der Waals surface area contributed by atoms with Crippen LogP contribution in [0.15, 0.2) is 67.3 Å². The van der Waals surface area contributed by atoms with Crippen LogP contribution in [0.5, 0.6) is 5.75 Å². The van der Waals surface area contributed by atoms with Gasteiger partial charge in [0, 0.05) is 17.9 Å². The van der Waals surface area contributed by atoms with E-state index < -0.39 is 18.3 Å². The van der Waals surface area contributed by atoms with E-state index in [1.807, 2.05) is 54.6 Å². The molecule has 0 amide bonds. The standard InChI is InChI=1S/C24H30O6/c1-3-21(22(26)14-25)23-13-20(29-24(30-23)18-7-5-4-6-8-18)16-28-15-17-9-11-19(27-2)12-10-17/h3-12,20-26H,1,13-16H2,2H3/t20-,21-,22-,23+,24+/m0/s1. The van der Waals surface area contributed by atoms with Gasteiger partial charge in [-0.25, -0.2) is 0 Å². The molecular weight excluding hydrogens is 384 g/mol. The highest BCUT2D eigenvalue weighted by Crippen LogP contribution is 2.34. The molecule has 1 aliphatic heterocycles. The summed E-state index contributed by atoms with van der Waals surface area (Å²) < 4.78 is 23.4. The SMILES string of the molecule is C=C[C@@H]([C@@H](O)CO)[C@H]1C[C@@H](COCc2ccc(OC)cc2)O[C@@H](c2ccccc2)O1. The Balaban J connectivity index is 1.66. The van der Waals surface area contributed by atoms with Crippen molar-refractivity contribution in [3.05, 3.63) is 78.4 Å². The van der Waals surface area contributed by atoms with Crippen LogP contribution in [-0.4, -0.2) is 48.8 Å². The van der Waals surface area contributed by atoms with Crippen LogP contribution in [0.3, 0.4) is 0 Å². The molecule has 1 saturated heterocycles. The summed E-state index contributed by atoms with van der Waals surface area (Å²) >= 11 is 0. The summed E-state index contributed by atoms with van der Waals surface area (Å²) in [5.74, 6) is 0.396. The third kappa shape index (κ3) is 5.90. The van der Waals surface area contributed by atoms with Crippen LogP contribution in [0.2, 0.25) is 0 Å². The van der Waals surface area contributed by atoms with E-state index in [2.05, 4.69) is 6.58 Å². The number of hydrogen-bond donors (Lipinski definition) is 2. The zero-order valence-electron chi connectivity index (χ0n) is 17.2. The molecule has 6 nitrogen and oxygen atoms in total. The van der Waals surface area contributed by atoms with Gasteiger partial charge in [-0.2, -0.15) is 0 Å². The van der Waals surface area contributed by atoms with Crippen molar-refractivity contribution in [2.75, 3.05) is 20.3 Å². The van der Waals surface area contributed by atoms with Crippen molar-refractivity contribution in [3.63, 3.8) is 0 Å². The van der Waals surface area contributed by atoms with Crippen LogP contribution in [-0.2, 0) is 20.8 Å². The van der Waals surface area contributed by atoms with Crippen molar-refractivity contribution in [3.8, 4) is 5.75 Å². The van der Waals surface area contributed by atoms with Crippen molar-refractivity contribution in [2.45, 2.75) is 37.6 Å². The van der Waals surface area contributed by atoms with E-state index in [0.717, 1.165) is 16.9 Å². The van der Waals surface area contributed by atoms with Gasteiger partial charge in [-0.1, -0.05) is 48.5 Å². The van der Waals surface area contributed by atoms with Crippen LogP contribution in [0.4, 0.5) is 0 Å². The van der Waals surface area contributed by atoms with Crippen LogP contribution in [0, 0.1) is 5.92 Å². The second kappa shape index (κ2) is 11.2. The molecule has 162 valence electrons. The lowest BCUT2D eigenvalue weighted by Crippen LogP contribution is -2.43. The molecule has 30 heavy (non-hydrogen) atoms. The van der Waals surface area contributed by atoms with Gasteiger partial charge in [0.05, 0.1) is 45.2 Å². The van der Waals surface area contributed by atoms with Gasteiger partial charge in [0.1, 0.15) is 5.75 Å². The van der Waals surface area contributed by atoms with Gasteiger partial charge in [-0.3, -0.25) is 0 Å². The molecule has 0 radical (unpaired) electrons. The maximum absolute atomic E-state index is 10.2. The molecule has 0 spiro atoms. The predicted molar refractivity (Wildman–Crippen MR) is 113 cm³/mol. The van der Waals surface area contributed by atoms with Gasteiger partial charge in [0.2, 0.25) is 0 Å². The van der Waals surface area contributed by atoms with Gasteiger partial charge in [0.15, 0.2) is 6.29 Å². The summed E-state index contributed by atoms with van der Waals surface area (Å²) in [4.78, 5) is 0. The molecule has 2 aromatic rings. The smallest absolute Gasteiger partial charge is 0.184 e. The molecule has 2 N–H and O–H groups in total. The first-order valence-electron chi connectivity index (χ1n) is 10.1. The fourth-order valence-corrected chi connectivity index (χ4v) is 3.57. The van der Waals surface area contributed by atoms with Gasteiger partial charge >= 0.3 is 0 Å². The Hall–Kier alpha value is -2.22. The van der Waals surface area contributed by atoms with Crippen molar-refractivity contribution < 1.29 is 29.2 Å². The van der Waals surface area contributed by atoms with Gasteiger partial charge < -0.3 is 29.2 Å². The summed E-state index contributed by atoms with van der Waals surface area (Å²) in [6, 6.07) is 17.4. The van der Waals surface area contributed by atoms with Crippen LogP contribution < -0.4 is 4.74 Å². The number of aliphatic hydroxyl groups is 2. The maximum Gasteiger partial charge on any atom is 0.184 e. The normalized spacial score (nSPS) is 23.5. The molecule has 0 aromatic heterocycles. The van der Waals surface area contributed by atoms with Crippen LogP contribution in [0.1, 0.15) is 23.8 Å². The average Bonchev–Trinajstić information content (AvgIpc) is 2.80. The zero-order chi connectivity index (χ0) is 21.3. The lowest BCUT2D eigenvalue weighted by Gasteiger charge is -2.39. The number of hydrogen-bond acceptors (Lipinski definition) is 6. The number of aliphatic hydroxyl groups excluding tert-OH is 2. The minimum atomic E-state index is -0.942. The maximum atomic E-state index is 10.2. The minimum absolute atomic E-state index is 0.222. The highest BCUT2D eigenvalue weighted by molar-refractivity contribution is 5.26. The second-order valence-corrected chi connectivity index (χ2v) is 7.34. The van der Waals surface area contributed by atoms with Gasteiger partial charge in [-0.05, 0) is 17.7 Å². The monoisotopic (exact) mass is 414 g/mol. The molecule has 6 heteroatoms. The van der Waals surface area contributed by atoms with Crippen molar-refractivity contribution in [1.82, 2.24) is 0 Å². The van der Waals surface area contributed by atoms with Crippen LogP contribution >= 0.6 is 0 Å². The van der Waals surface area contributed by atoms with E-state index in [0.29, 0.717) is 19.6 Å². The molecule has 5 atom stereocenters. The summed E-state index contributed by atoms with van der Waals surface area (Å²) in [7, 11) is 1.64. The molecule has 3 rings (SSSR count). The Morgan fingerprint density at radius 3 is 2.50 bits per heavy atom. The topological polar surface area (TPSA) is 77.4 Å². The summed E-state index contributed by atoms with van der Waals surface area (Å²) in [5.41, 5.74) is 1.93. The number of benzene rings is 2. The Morgan fingerprint density at radius 1 is 1.13 bits per heavy atom. The second-order valence-electron chi connectivity index (χ2n) is 7.34. The summed E-state index contributed by atoms with van der Waals surface area (Å²) in [6.45, 7) is 4.29. The lowest BCUT2D eigenvalue weighted by molar-refractivity contribution is -0.268. The first-order valence-corrected chi connectivity index (χ1v) is 10.1. The van der Waals surface area contributed by atoms with E-state index in [4.69, 9.17) is 18.9 Å². The predicted octanol–water partition coefficient (Wildman–Crippen LogP) is 3.24. The number of ether oxygens (including phenoxy) is 4. The Labute approximate surface area is 177 Å². The van der Waals surface area contributed by atoms with Gasteiger partial charge in [-0.15, -0.1) is 6.58 Å². The van der Waals surface area contributed by atoms with Crippen molar-refractivity contribution in [2.24, 2.45) is 5.92 Å². The quantitative estimate of drug-likeness (QED) is 0.581. The van der Waals surface area contributed by atoms with E-state index >= 15 is 0 Å². The van der Waals surface area contributed by atoms with E-state index in [1.54, 1.807) is 13.2 Å². The van der Waals surface area contributed by atoms with E-state index in [9.17, 15) is 10.2 Å². The van der Waals surface area contributed by atoms with E-state index in [-0.39, 0.29) is 18.8 Å². The van der Waals surface area contributed by atoms with Crippen molar-refractivity contribution >= 4 is 0 Å². The average molecular weight is 414 g/mol. The van der Waals surface area contributed by atoms with Crippen molar-refractivity contribution in [1.29, 1.82) is 0 Å². The molecule has 0 bridgehead atoms. The summed E-state index contributed by atoms with van der Waals surface area (Å²) in [5, 5.41) is 19.6. The Bertz CT molecular complexity index is 763. The third-order valence-corrected chi connectivity index (χ3v) is 5.25. The number of methoxy groups -OCH3 is 1. The molecule has 0 aliphatic carbocycles.